The SMILES string of the molecule is C=Cc1cccnc1.CN.c1cncc(N2CCNCC2)c1. The van der Waals surface area contributed by atoms with Crippen molar-refractivity contribution in [2.75, 3.05) is 38.1 Å². The van der Waals surface area contributed by atoms with Gasteiger partial charge < -0.3 is 16.0 Å². The highest BCUT2D eigenvalue weighted by atomic mass is 15.2. The van der Waals surface area contributed by atoms with Crippen molar-refractivity contribution in [1.82, 2.24) is 15.3 Å². The second-order valence-corrected chi connectivity index (χ2v) is 4.44. The Morgan fingerprint density at radius 1 is 1.09 bits per heavy atom. The molecule has 0 spiro atoms. The van der Waals surface area contributed by atoms with Gasteiger partial charge in [-0.25, -0.2) is 0 Å². The number of anilines is 1. The Morgan fingerprint density at radius 3 is 2.18 bits per heavy atom. The Morgan fingerprint density at radius 2 is 1.73 bits per heavy atom. The van der Waals surface area contributed by atoms with Gasteiger partial charge in [0.25, 0.3) is 0 Å². The number of hydrogen-bond donors (Lipinski definition) is 2. The molecule has 3 N–H and O–H groups in total. The van der Waals surface area contributed by atoms with Gasteiger partial charge in [-0.15, -0.1) is 0 Å². The first-order chi connectivity index (χ1) is 10.9. The molecule has 22 heavy (non-hydrogen) atoms. The third kappa shape index (κ3) is 6.47. The molecule has 1 aliphatic rings. The van der Waals surface area contributed by atoms with Crippen LogP contribution in [0.25, 0.3) is 6.08 Å². The molecular formula is C17H25N5. The smallest absolute Gasteiger partial charge is 0.0553 e. The Hall–Kier alpha value is -2.24. The molecule has 5 nitrogen and oxygen atoms in total. The number of aromatic nitrogens is 2. The molecule has 0 aliphatic carbocycles. The Labute approximate surface area is 132 Å². The van der Waals surface area contributed by atoms with E-state index in [1.54, 1.807) is 18.5 Å². The van der Waals surface area contributed by atoms with Crippen molar-refractivity contribution < 1.29 is 0 Å². The summed E-state index contributed by atoms with van der Waals surface area (Å²) in [7, 11) is 1.50. The van der Waals surface area contributed by atoms with Crippen LogP contribution in [-0.2, 0) is 0 Å². The molecule has 1 fully saturated rings. The second-order valence-electron chi connectivity index (χ2n) is 4.44. The standard InChI is InChI=1S/C9H13N3.C7H7N.CH5N/c1-2-9(8-11-3-1)12-6-4-10-5-7-12;1-2-7-4-3-5-8-6-7;1-2/h1-3,8,10H,4-7H2;2-6H,1H2;2H2,1H3. The van der Waals surface area contributed by atoms with E-state index in [1.165, 1.54) is 12.7 Å². The number of pyridine rings is 2. The van der Waals surface area contributed by atoms with E-state index in [4.69, 9.17) is 0 Å². The lowest BCUT2D eigenvalue weighted by molar-refractivity contribution is 0.589. The van der Waals surface area contributed by atoms with E-state index >= 15 is 0 Å². The topological polar surface area (TPSA) is 67.1 Å². The van der Waals surface area contributed by atoms with Crippen molar-refractivity contribution >= 4 is 11.8 Å². The largest absolute Gasteiger partial charge is 0.368 e. The molecular weight excluding hydrogens is 274 g/mol. The summed E-state index contributed by atoms with van der Waals surface area (Å²) in [6.07, 6.45) is 9.02. The van der Waals surface area contributed by atoms with Gasteiger partial charge in [0, 0.05) is 44.8 Å². The molecule has 1 saturated heterocycles. The highest BCUT2D eigenvalue weighted by molar-refractivity contribution is 5.44. The van der Waals surface area contributed by atoms with Crippen LogP contribution in [0.1, 0.15) is 5.56 Å². The number of nitrogens with zero attached hydrogens (tertiary/aromatic N) is 3. The quantitative estimate of drug-likeness (QED) is 0.885. The Bertz CT molecular complexity index is 495. The highest BCUT2D eigenvalue weighted by Gasteiger charge is 2.08. The fraction of sp³-hybridized carbons (Fsp3) is 0.294. The molecule has 0 amide bonds. The van der Waals surface area contributed by atoms with Crippen LogP contribution in [0.4, 0.5) is 5.69 Å². The number of hydrogen-bond acceptors (Lipinski definition) is 5. The maximum Gasteiger partial charge on any atom is 0.0553 e. The van der Waals surface area contributed by atoms with E-state index in [2.05, 4.69) is 38.6 Å². The third-order valence-electron chi connectivity index (χ3n) is 3.05. The van der Waals surface area contributed by atoms with Crippen LogP contribution in [0.2, 0.25) is 0 Å². The summed E-state index contributed by atoms with van der Waals surface area (Å²) < 4.78 is 0. The fourth-order valence-electron chi connectivity index (χ4n) is 1.96. The molecule has 1 aliphatic heterocycles. The average molecular weight is 299 g/mol. The van der Waals surface area contributed by atoms with Crippen LogP contribution in [0.3, 0.4) is 0 Å². The van der Waals surface area contributed by atoms with Gasteiger partial charge in [-0.05, 0) is 30.8 Å². The zero-order valence-electron chi connectivity index (χ0n) is 13.2. The maximum atomic E-state index is 4.50. The average Bonchev–Trinajstić information content (AvgIpc) is 2.66. The Balaban J connectivity index is 0.000000211. The van der Waals surface area contributed by atoms with Crippen molar-refractivity contribution in [3.8, 4) is 0 Å². The molecule has 3 rings (SSSR count). The fourth-order valence-corrected chi connectivity index (χ4v) is 1.96. The lowest BCUT2D eigenvalue weighted by Gasteiger charge is -2.28. The summed E-state index contributed by atoms with van der Waals surface area (Å²) in [4.78, 5) is 10.3. The molecule has 0 bridgehead atoms. The second kappa shape index (κ2) is 11.4. The first-order valence-corrected chi connectivity index (χ1v) is 7.36. The first-order valence-electron chi connectivity index (χ1n) is 7.36. The molecule has 2 aromatic rings. The van der Waals surface area contributed by atoms with Gasteiger partial charge in [0.15, 0.2) is 0 Å². The van der Waals surface area contributed by atoms with Crippen LogP contribution in [0, 0.1) is 0 Å². The van der Waals surface area contributed by atoms with E-state index in [9.17, 15) is 0 Å². The lowest BCUT2D eigenvalue weighted by atomic mass is 10.3. The summed E-state index contributed by atoms with van der Waals surface area (Å²) in [5.41, 5.74) is 6.80. The predicted octanol–water partition coefficient (Wildman–Crippen LogP) is 1.79. The maximum absolute atomic E-state index is 4.50. The van der Waals surface area contributed by atoms with E-state index < -0.39 is 0 Å². The molecule has 5 heteroatoms. The van der Waals surface area contributed by atoms with E-state index in [0.717, 1.165) is 31.7 Å². The lowest BCUT2D eigenvalue weighted by Crippen LogP contribution is -2.43. The molecule has 2 aromatic heterocycles. The van der Waals surface area contributed by atoms with Crippen LogP contribution in [0.5, 0.6) is 0 Å². The summed E-state index contributed by atoms with van der Waals surface area (Å²) in [5, 5.41) is 3.32. The highest BCUT2D eigenvalue weighted by Crippen LogP contribution is 2.11. The van der Waals surface area contributed by atoms with Crippen LogP contribution < -0.4 is 16.0 Å². The molecule has 0 aromatic carbocycles. The number of rotatable bonds is 2. The Kier molecular flexibility index (Phi) is 9.25. The van der Waals surface area contributed by atoms with Gasteiger partial charge >= 0.3 is 0 Å². The number of piperazine rings is 1. The van der Waals surface area contributed by atoms with Gasteiger partial charge in [0.05, 0.1) is 11.9 Å². The van der Waals surface area contributed by atoms with Gasteiger partial charge in [-0.2, -0.15) is 0 Å². The molecule has 118 valence electrons. The summed E-state index contributed by atoms with van der Waals surface area (Å²) in [5.74, 6) is 0. The van der Waals surface area contributed by atoms with Crippen molar-refractivity contribution in [2.45, 2.75) is 0 Å². The van der Waals surface area contributed by atoms with Gasteiger partial charge in [0.1, 0.15) is 0 Å². The minimum atomic E-state index is 1.06. The van der Waals surface area contributed by atoms with E-state index in [-0.39, 0.29) is 0 Å². The predicted molar refractivity (Wildman–Crippen MR) is 93.8 cm³/mol. The van der Waals surface area contributed by atoms with E-state index in [1.807, 2.05) is 30.6 Å². The zero-order valence-corrected chi connectivity index (χ0v) is 13.2. The van der Waals surface area contributed by atoms with Crippen molar-refractivity contribution in [3.05, 3.63) is 61.2 Å². The van der Waals surface area contributed by atoms with Crippen molar-refractivity contribution in [2.24, 2.45) is 5.73 Å². The molecule has 0 radical (unpaired) electrons. The van der Waals surface area contributed by atoms with Gasteiger partial charge in [-0.3, -0.25) is 9.97 Å². The normalized spacial score (nSPS) is 13.1. The molecule has 0 unspecified atom stereocenters. The molecule has 3 heterocycles. The van der Waals surface area contributed by atoms with Crippen molar-refractivity contribution in [3.63, 3.8) is 0 Å². The van der Waals surface area contributed by atoms with Gasteiger partial charge in [0.2, 0.25) is 0 Å². The number of nitrogens with two attached hydrogens (primary N) is 1. The summed E-state index contributed by atoms with van der Waals surface area (Å²) >= 11 is 0. The van der Waals surface area contributed by atoms with Crippen LogP contribution in [0.15, 0.2) is 55.6 Å². The zero-order chi connectivity index (χ0) is 16.0. The molecule has 0 saturated carbocycles. The van der Waals surface area contributed by atoms with E-state index in [0.29, 0.717) is 0 Å². The summed E-state index contributed by atoms with van der Waals surface area (Å²) in [6, 6.07) is 7.94. The minimum Gasteiger partial charge on any atom is -0.368 e. The first kappa shape index (κ1) is 17.8. The molecule has 0 atom stereocenters. The number of nitrogens with one attached hydrogen (secondary N) is 1. The van der Waals surface area contributed by atoms with Crippen LogP contribution in [-0.4, -0.2) is 43.2 Å². The van der Waals surface area contributed by atoms with Crippen molar-refractivity contribution in [1.29, 1.82) is 0 Å². The van der Waals surface area contributed by atoms with Crippen LogP contribution >= 0.6 is 0 Å². The monoisotopic (exact) mass is 299 g/mol. The third-order valence-corrected chi connectivity index (χ3v) is 3.05. The minimum absolute atomic E-state index is 1.06. The van der Waals surface area contributed by atoms with Gasteiger partial charge in [-0.1, -0.05) is 18.7 Å². The summed E-state index contributed by atoms with van der Waals surface area (Å²) in [6.45, 7) is 7.93.